The summed E-state index contributed by atoms with van der Waals surface area (Å²) < 4.78 is 144. The van der Waals surface area contributed by atoms with E-state index in [2.05, 4.69) is 101 Å². The number of nitrogens with zero attached hydrogens (tertiary/aromatic N) is 4. The molecule has 0 atom stereocenters. The third-order valence-electron chi connectivity index (χ3n) is 13.2. The lowest BCUT2D eigenvalue weighted by molar-refractivity contribution is -0.571. The van der Waals surface area contributed by atoms with Gasteiger partial charge in [-0.3, -0.25) is 13.7 Å². The summed E-state index contributed by atoms with van der Waals surface area (Å²) in [5, 5.41) is 1.98. The van der Waals surface area contributed by atoms with Crippen molar-refractivity contribution in [2.24, 2.45) is 0 Å². The first-order valence-corrected chi connectivity index (χ1v) is 24.0. The van der Waals surface area contributed by atoms with E-state index in [1.165, 1.54) is 28.3 Å². The minimum atomic E-state index is -0.641. The van der Waals surface area contributed by atoms with Gasteiger partial charge in [0.2, 0.25) is 0 Å². The Kier molecular flexibility index (Phi) is 7.82. The van der Waals surface area contributed by atoms with Gasteiger partial charge in [-0.05, 0) is 127 Å². The highest BCUT2D eigenvalue weighted by Gasteiger charge is 2.23. The van der Waals surface area contributed by atoms with Gasteiger partial charge in [0, 0.05) is 23.0 Å². The minimum absolute atomic E-state index is 0.00322. The number of ether oxygens (including phenoxy) is 1. The molecule has 12 aromatic rings. The summed E-state index contributed by atoms with van der Waals surface area (Å²) in [6.45, 7) is 13.1. The van der Waals surface area contributed by atoms with Crippen LogP contribution in [0, 0.1) is 6.33 Å². The number of aromatic nitrogens is 4. The van der Waals surface area contributed by atoms with E-state index in [0.29, 0.717) is 28.2 Å². The van der Waals surface area contributed by atoms with Crippen LogP contribution in [-0.2, 0) is 10.8 Å². The van der Waals surface area contributed by atoms with Gasteiger partial charge in [-0.25, -0.2) is 4.98 Å². The summed E-state index contributed by atoms with van der Waals surface area (Å²) in [6.07, 6.45) is 5.23. The quantitative estimate of drug-likeness (QED) is 0.107. The molecule has 0 radical (unpaired) electrons. The highest BCUT2D eigenvalue weighted by Crippen LogP contribution is 2.40. The summed E-state index contributed by atoms with van der Waals surface area (Å²) in [6, 6.07) is 32.9. The van der Waals surface area contributed by atoms with Crippen LogP contribution in [0.5, 0.6) is 11.5 Å². The summed E-state index contributed by atoms with van der Waals surface area (Å²) in [5.41, 5.74) is 6.79. The van der Waals surface area contributed by atoms with Crippen molar-refractivity contribution >= 4 is 32.8 Å². The molecule has 0 spiro atoms. The smallest absolute Gasteiger partial charge is 0.269 e. The number of para-hydroxylation sites is 1. The topological polar surface area (TPSA) is 35.9 Å². The monoisotopic (exact) mass is 960 g/mol. The number of fused-ring (bicyclic) bond motifs is 4. The standard InChI is InChI=1S/C68H56N4O/c1-67(2,3)52-32-28-47(29-33-52)50-30-36-61-60(40-50)59-35-34-56(44-63(59)72(61)65-42-53(38-39-69-65)68(4,5)6)73-55-25-16-24-54(43-55)70-45-71(62-37-31-51(41-64(62)70)46-18-10-7-11-19-46)66-57(48-20-12-8-13-21-48)26-17-27-58(66)49-22-14-9-15-23-49/h7-44H,1-6H3/i7D,8D,9D,10D,11D,12D,13D,14D,15D,18D,19D,20D,21D,22D,23D. The molecule has 9 aromatic carbocycles. The third-order valence-corrected chi connectivity index (χ3v) is 13.2. The van der Waals surface area contributed by atoms with Gasteiger partial charge in [-0.15, -0.1) is 0 Å². The molecule has 3 aromatic heterocycles. The fourth-order valence-electron chi connectivity index (χ4n) is 9.46. The van der Waals surface area contributed by atoms with Crippen molar-refractivity contribution < 1.29 is 29.9 Å². The van der Waals surface area contributed by atoms with Crippen molar-refractivity contribution in [2.75, 3.05) is 0 Å². The van der Waals surface area contributed by atoms with Crippen LogP contribution in [0.2, 0.25) is 0 Å². The van der Waals surface area contributed by atoms with Crippen molar-refractivity contribution in [2.45, 2.75) is 52.4 Å². The normalized spacial score (nSPS) is 14.8. The average molecular weight is 960 g/mol. The minimum Gasteiger partial charge on any atom is -0.458 e. The van der Waals surface area contributed by atoms with Gasteiger partial charge in [0.25, 0.3) is 6.33 Å². The van der Waals surface area contributed by atoms with Gasteiger partial charge in [0.05, 0.1) is 54.0 Å². The van der Waals surface area contributed by atoms with E-state index in [-0.39, 0.29) is 49.9 Å². The molecule has 0 fully saturated rings. The zero-order chi connectivity index (χ0) is 62.9. The molecule has 0 saturated carbocycles. The van der Waals surface area contributed by atoms with Crippen LogP contribution in [0.15, 0.2) is 230 Å². The second kappa shape index (κ2) is 18.1. The second-order valence-electron chi connectivity index (χ2n) is 20.0. The maximum atomic E-state index is 9.19. The van der Waals surface area contributed by atoms with Crippen LogP contribution in [-0.4, -0.2) is 14.1 Å². The number of pyridine rings is 1. The number of hydrogen-bond donors (Lipinski definition) is 0. The van der Waals surface area contributed by atoms with E-state index in [9.17, 15) is 5.48 Å². The maximum absolute atomic E-state index is 9.19. The fourth-order valence-corrected chi connectivity index (χ4v) is 9.46. The van der Waals surface area contributed by atoms with Gasteiger partial charge < -0.3 is 4.74 Å². The molecule has 0 unspecified atom stereocenters. The van der Waals surface area contributed by atoms with Gasteiger partial charge in [0.15, 0.2) is 0 Å². The molecule has 0 aliphatic heterocycles. The Morgan fingerprint density at radius 3 is 1.75 bits per heavy atom. The van der Waals surface area contributed by atoms with Crippen LogP contribution in [0.3, 0.4) is 0 Å². The first-order valence-electron chi connectivity index (χ1n) is 31.5. The highest BCUT2D eigenvalue weighted by molar-refractivity contribution is 6.10. The van der Waals surface area contributed by atoms with Gasteiger partial charge in [-0.1, -0.05) is 199 Å². The molecule has 5 heteroatoms. The molecule has 73 heavy (non-hydrogen) atoms. The summed E-state index contributed by atoms with van der Waals surface area (Å²) in [5.74, 6) is 1.58. The average Bonchev–Trinajstić information content (AvgIpc) is 1.47. The first kappa shape index (κ1) is 31.5. The molecular weight excluding hydrogens is 889 g/mol. The summed E-state index contributed by atoms with van der Waals surface area (Å²) in [4.78, 5) is 4.93. The van der Waals surface area contributed by atoms with E-state index in [1.54, 1.807) is 47.0 Å². The Morgan fingerprint density at radius 1 is 0.479 bits per heavy atom. The lowest BCUT2D eigenvalue weighted by Gasteiger charge is -2.20. The Hall–Kier alpha value is -8.80. The van der Waals surface area contributed by atoms with Crippen LogP contribution in [0.25, 0.3) is 94.5 Å². The van der Waals surface area contributed by atoms with Crippen LogP contribution < -0.4 is 9.30 Å². The second-order valence-corrected chi connectivity index (χ2v) is 20.0. The zero-order valence-corrected chi connectivity index (χ0v) is 41.0. The molecule has 0 aliphatic rings. The molecular formula is C68H56N4O. The van der Waals surface area contributed by atoms with Crippen molar-refractivity contribution in [1.29, 1.82) is 0 Å². The number of imidazole rings is 1. The zero-order valence-electron chi connectivity index (χ0n) is 56.0. The maximum Gasteiger partial charge on any atom is 0.269 e. The van der Waals surface area contributed by atoms with Crippen LogP contribution in [0.1, 0.15) is 73.2 Å². The molecule has 0 bridgehead atoms. The largest absolute Gasteiger partial charge is 0.458 e. The summed E-state index contributed by atoms with van der Waals surface area (Å²) in [7, 11) is 0. The van der Waals surface area contributed by atoms with E-state index < -0.39 is 90.6 Å². The van der Waals surface area contributed by atoms with E-state index in [4.69, 9.17) is 24.8 Å². The lowest BCUT2D eigenvalue weighted by Crippen LogP contribution is -2.31. The molecule has 5 nitrogen and oxygen atoms in total. The number of benzene rings is 9. The third kappa shape index (κ3) is 8.57. The molecule has 0 N–H and O–H groups in total. The van der Waals surface area contributed by atoms with Gasteiger partial charge in [-0.2, -0.15) is 0 Å². The predicted molar refractivity (Wildman–Crippen MR) is 301 cm³/mol. The highest BCUT2D eigenvalue weighted by atomic mass is 16.5. The molecule has 0 amide bonds. The summed E-state index contributed by atoms with van der Waals surface area (Å²) >= 11 is 0. The first-order chi connectivity index (χ1) is 41.7. The Labute approximate surface area is 449 Å². The lowest BCUT2D eigenvalue weighted by atomic mass is 9.86. The van der Waals surface area contributed by atoms with Crippen LogP contribution in [0.4, 0.5) is 0 Å². The van der Waals surface area contributed by atoms with E-state index in [1.807, 2.05) is 30.5 Å². The predicted octanol–water partition coefficient (Wildman–Crippen LogP) is 17.3. The van der Waals surface area contributed by atoms with Crippen LogP contribution >= 0.6 is 0 Å². The molecule has 12 rings (SSSR count). The van der Waals surface area contributed by atoms with Gasteiger partial charge in [0.1, 0.15) is 17.3 Å². The van der Waals surface area contributed by atoms with Crippen molar-refractivity contribution in [3.05, 3.63) is 248 Å². The molecule has 354 valence electrons. The van der Waals surface area contributed by atoms with E-state index >= 15 is 0 Å². The SMILES string of the molecule is [2H]c1c([2H])c([2H])c(-c2ccc3c(c2)n(-c2cccc(Oc4ccc5c6cc(-c7ccc(C(C)(C)C)cc7)ccc6n(-c6cc(C(C)(C)C)ccn6)c5c4)c2)[c-][n+]3-c2c(-c3c([2H])c([2H])c([2H])c([2H])c3[2H])cccc2-c2c([2H])c([2H])c([2H])c([2H])c2[2H])c([2H])c1[2H]. The Bertz CT molecular complexity index is 4750. The Morgan fingerprint density at radius 2 is 1.08 bits per heavy atom. The van der Waals surface area contributed by atoms with Gasteiger partial charge >= 0.3 is 0 Å². The van der Waals surface area contributed by atoms with E-state index in [0.717, 1.165) is 44.3 Å². The van der Waals surface area contributed by atoms with Crippen molar-refractivity contribution in [3.63, 3.8) is 0 Å². The van der Waals surface area contributed by atoms with Crippen molar-refractivity contribution in [3.8, 4) is 73.2 Å². The molecule has 3 heterocycles. The molecule has 0 aliphatic carbocycles. The Balaban J connectivity index is 1.07. The fraction of sp³-hybridized carbons (Fsp3) is 0.118. The number of hydrogen-bond acceptors (Lipinski definition) is 2. The number of rotatable bonds is 9. The van der Waals surface area contributed by atoms with Crippen molar-refractivity contribution in [1.82, 2.24) is 14.1 Å². The molecule has 0 saturated heterocycles.